The maximum atomic E-state index is 11.3. The number of aliphatic carboxylic acids is 1. The van der Waals surface area contributed by atoms with E-state index in [2.05, 4.69) is 29.4 Å². The number of carbonyl (C=O) groups is 1. The van der Waals surface area contributed by atoms with Crippen LogP contribution in [-0.4, -0.2) is 20.9 Å². The molecule has 2 aromatic heterocycles. The van der Waals surface area contributed by atoms with Crippen LogP contribution in [-0.2, 0) is 31.4 Å². The lowest BCUT2D eigenvalue weighted by molar-refractivity contribution is -0.136. The van der Waals surface area contributed by atoms with Gasteiger partial charge in [-0.2, -0.15) is 5.10 Å². The zero-order chi connectivity index (χ0) is 25.2. The van der Waals surface area contributed by atoms with Crippen LogP contribution in [0.25, 0.3) is 33.2 Å². The molecular weight excluding hydrogens is 454 g/mol. The summed E-state index contributed by atoms with van der Waals surface area (Å²) < 4.78 is 14.0. The summed E-state index contributed by atoms with van der Waals surface area (Å²) in [5, 5.41) is 14.7. The van der Waals surface area contributed by atoms with Crippen molar-refractivity contribution >= 4 is 16.9 Å². The van der Waals surface area contributed by atoms with E-state index in [0.717, 1.165) is 50.0 Å². The minimum absolute atomic E-state index is 0.103. The molecule has 3 N–H and O–H groups in total. The summed E-state index contributed by atoms with van der Waals surface area (Å²) in [5.41, 5.74) is 14.1. The molecule has 0 bridgehead atoms. The molecule has 182 valence electrons. The largest absolute Gasteiger partial charge is 0.488 e. The first-order chi connectivity index (χ1) is 17.4. The topological polar surface area (TPSA) is 104 Å². The van der Waals surface area contributed by atoms with Gasteiger partial charge in [0.1, 0.15) is 17.9 Å². The average molecular weight is 482 g/mol. The molecule has 0 aliphatic heterocycles. The van der Waals surface area contributed by atoms with Crippen molar-refractivity contribution in [3.63, 3.8) is 0 Å². The Balaban J connectivity index is 1.60. The zero-order valence-electron chi connectivity index (χ0n) is 20.2. The number of para-hydroxylation sites is 1. The molecule has 0 unspecified atom stereocenters. The summed E-state index contributed by atoms with van der Waals surface area (Å²) in [6.45, 7) is 2.68. The smallest absolute Gasteiger partial charge is 0.307 e. The lowest BCUT2D eigenvalue weighted by Gasteiger charge is -2.11. The molecule has 5 aromatic rings. The fourth-order valence-corrected chi connectivity index (χ4v) is 4.52. The predicted octanol–water partition coefficient (Wildman–Crippen LogP) is 5.47. The van der Waals surface area contributed by atoms with Crippen LogP contribution in [0.5, 0.6) is 5.75 Å². The lowest BCUT2D eigenvalue weighted by atomic mass is 9.95. The Labute approximate surface area is 208 Å². The molecule has 0 amide bonds. The quantitative estimate of drug-likeness (QED) is 0.304. The molecular formula is C29H27N3O4. The number of carboxylic acids is 1. The number of aryl methyl sites for hydroxylation is 2. The number of rotatable bonds is 8. The maximum absolute atomic E-state index is 11.3. The van der Waals surface area contributed by atoms with Crippen molar-refractivity contribution in [2.24, 2.45) is 12.8 Å². The minimum Gasteiger partial charge on any atom is -0.488 e. The average Bonchev–Trinajstić information content (AvgIpc) is 3.44. The number of carboxylic acid groups (broad SMARTS) is 1. The molecule has 0 saturated heterocycles. The molecule has 2 heterocycles. The van der Waals surface area contributed by atoms with E-state index in [1.54, 1.807) is 23.1 Å². The molecule has 0 radical (unpaired) electrons. The van der Waals surface area contributed by atoms with E-state index in [0.29, 0.717) is 17.9 Å². The van der Waals surface area contributed by atoms with Crippen molar-refractivity contribution in [2.45, 2.75) is 26.5 Å². The van der Waals surface area contributed by atoms with E-state index < -0.39 is 5.97 Å². The van der Waals surface area contributed by atoms with Crippen LogP contribution >= 0.6 is 0 Å². The second-order valence-electron chi connectivity index (χ2n) is 8.83. The number of hydrogen-bond donors (Lipinski definition) is 2. The van der Waals surface area contributed by atoms with Gasteiger partial charge in [-0.05, 0) is 47.9 Å². The first kappa shape index (κ1) is 23.4. The third-order valence-electron chi connectivity index (χ3n) is 6.25. The van der Waals surface area contributed by atoms with Gasteiger partial charge in [0, 0.05) is 47.4 Å². The van der Waals surface area contributed by atoms with Crippen molar-refractivity contribution in [3.05, 3.63) is 95.5 Å². The van der Waals surface area contributed by atoms with E-state index in [1.807, 2.05) is 44.4 Å². The van der Waals surface area contributed by atoms with Crippen molar-refractivity contribution in [1.29, 1.82) is 0 Å². The van der Waals surface area contributed by atoms with E-state index >= 15 is 0 Å². The molecule has 0 atom stereocenters. The molecule has 0 aliphatic carbocycles. The van der Waals surface area contributed by atoms with Gasteiger partial charge in [0.25, 0.3) is 0 Å². The van der Waals surface area contributed by atoms with Crippen LogP contribution in [0.4, 0.5) is 0 Å². The number of furan rings is 1. The number of fused-ring (bicyclic) bond motifs is 1. The standard InChI is InChI=1S/C29H27N3O4/c1-18-26(15-32(2)31-18)25-12-22(20-8-5-6-19(10-20)14-30)11-24-23(17-36-29(24)25)16-35-27-9-4-3-7-21(27)13-28(33)34/h3-12,15,17H,13-14,16,30H2,1-2H3,(H,33,34). The van der Waals surface area contributed by atoms with Gasteiger partial charge in [0.2, 0.25) is 0 Å². The van der Waals surface area contributed by atoms with E-state index in [1.165, 1.54) is 0 Å². The summed E-state index contributed by atoms with van der Waals surface area (Å²) in [4.78, 5) is 11.3. The Hall–Kier alpha value is -4.36. The number of ether oxygens (including phenoxy) is 1. The van der Waals surface area contributed by atoms with Crippen LogP contribution in [0.15, 0.2) is 77.5 Å². The molecule has 7 heteroatoms. The van der Waals surface area contributed by atoms with Crippen molar-refractivity contribution < 1.29 is 19.1 Å². The fraction of sp³-hybridized carbons (Fsp3) is 0.172. The number of hydrogen-bond acceptors (Lipinski definition) is 5. The third kappa shape index (κ3) is 4.61. The minimum atomic E-state index is -0.902. The highest BCUT2D eigenvalue weighted by Gasteiger charge is 2.18. The van der Waals surface area contributed by atoms with Crippen LogP contribution in [0.1, 0.15) is 22.4 Å². The molecule has 7 nitrogen and oxygen atoms in total. The number of nitrogens with zero attached hydrogens (tertiary/aromatic N) is 2. The van der Waals surface area contributed by atoms with Gasteiger partial charge >= 0.3 is 5.97 Å². The maximum Gasteiger partial charge on any atom is 0.307 e. The molecule has 5 rings (SSSR count). The highest BCUT2D eigenvalue weighted by atomic mass is 16.5. The third-order valence-corrected chi connectivity index (χ3v) is 6.25. The Morgan fingerprint density at radius 1 is 1.06 bits per heavy atom. The fourth-order valence-electron chi connectivity index (χ4n) is 4.52. The van der Waals surface area contributed by atoms with Crippen LogP contribution in [0, 0.1) is 6.92 Å². The first-order valence-electron chi connectivity index (χ1n) is 11.7. The number of nitrogens with two attached hydrogens (primary N) is 1. The monoisotopic (exact) mass is 481 g/mol. The number of benzene rings is 3. The lowest BCUT2D eigenvalue weighted by Crippen LogP contribution is -2.04. The van der Waals surface area contributed by atoms with Gasteiger partial charge in [-0.25, -0.2) is 0 Å². The first-order valence-corrected chi connectivity index (χ1v) is 11.7. The van der Waals surface area contributed by atoms with Crippen molar-refractivity contribution in [2.75, 3.05) is 0 Å². The van der Waals surface area contributed by atoms with E-state index in [9.17, 15) is 9.90 Å². The molecule has 0 saturated carbocycles. The van der Waals surface area contributed by atoms with Crippen LogP contribution in [0.2, 0.25) is 0 Å². The molecule has 0 fully saturated rings. The zero-order valence-corrected chi connectivity index (χ0v) is 20.2. The van der Waals surface area contributed by atoms with Gasteiger partial charge < -0.3 is 20.0 Å². The predicted molar refractivity (Wildman–Crippen MR) is 139 cm³/mol. The summed E-state index contributed by atoms with van der Waals surface area (Å²) in [5.74, 6) is -0.356. The Morgan fingerprint density at radius 3 is 2.64 bits per heavy atom. The Morgan fingerprint density at radius 2 is 1.89 bits per heavy atom. The Bertz CT molecular complexity index is 1560. The molecule has 0 aliphatic rings. The second-order valence-corrected chi connectivity index (χ2v) is 8.83. The molecule has 3 aromatic carbocycles. The second kappa shape index (κ2) is 9.71. The summed E-state index contributed by atoms with van der Waals surface area (Å²) in [6, 6.07) is 19.6. The summed E-state index contributed by atoms with van der Waals surface area (Å²) in [7, 11) is 1.90. The highest BCUT2D eigenvalue weighted by Crippen LogP contribution is 2.38. The molecule has 0 spiro atoms. The highest BCUT2D eigenvalue weighted by molar-refractivity contribution is 5.98. The summed E-state index contributed by atoms with van der Waals surface area (Å²) >= 11 is 0. The Kier molecular flexibility index (Phi) is 6.31. The normalized spacial score (nSPS) is 11.2. The van der Waals surface area contributed by atoms with Gasteiger partial charge in [-0.15, -0.1) is 0 Å². The SMILES string of the molecule is Cc1nn(C)cc1-c1cc(-c2cccc(CN)c2)cc2c(COc3ccccc3CC(=O)O)coc12. The van der Waals surface area contributed by atoms with Crippen molar-refractivity contribution in [1.82, 2.24) is 9.78 Å². The van der Waals surface area contributed by atoms with Crippen molar-refractivity contribution in [3.8, 4) is 28.0 Å². The van der Waals surface area contributed by atoms with Crippen LogP contribution < -0.4 is 10.5 Å². The van der Waals surface area contributed by atoms with Gasteiger partial charge in [-0.1, -0.05) is 36.4 Å². The molecule has 36 heavy (non-hydrogen) atoms. The van der Waals surface area contributed by atoms with Gasteiger partial charge in [-0.3, -0.25) is 9.48 Å². The van der Waals surface area contributed by atoms with Gasteiger partial charge in [0.15, 0.2) is 0 Å². The van der Waals surface area contributed by atoms with Crippen LogP contribution in [0.3, 0.4) is 0 Å². The van der Waals surface area contributed by atoms with E-state index in [-0.39, 0.29) is 13.0 Å². The summed E-state index contributed by atoms with van der Waals surface area (Å²) in [6.07, 6.45) is 3.60. The number of aromatic nitrogens is 2. The van der Waals surface area contributed by atoms with E-state index in [4.69, 9.17) is 14.9 Å². The van der Waals surface area contributed by atoms with Gasteiger partial charge in [0.05, 0.1) is 18.4 Å².